The SMILES string of the molecule is CC(C)=CCC/C(C)=C/CNC(=O)[C@@H]1CCCN1C(=O)/C(C)=C/[C@H](C(C)C)N(C)C(=O)[C@@H](NC(=O)C1CCCCN1C(C)C)C(C)(C)C. The lowest BCUT2D eigenvalue weighted by atomic mass is 9.84. The number of nitrogens with zero attached hydrogens (tertiary/aromatic N) is 3. The van der Waals surface area contributed by atoms with Crippen molar-refractivity contribution in [1.82, 2.24) is 25.3 Å². The lowest BCUT2D eigenvalue weighted by Crippen LogP contribution is -2.60. The maximum absolute atomic E-state index is 14.2. The summed E-state index contributed by atoms with van der Waals surface area (Å²) < 4.78 is 0. The number of hydrogen-bond acceptors (Lipinski definition) is 5. The Morgan fingerprint density at radius 2 is 1.52 bits per heavy atom. The first-order chi connectivity index (χ1) is 22.4. The third kappa shape index (κ3) is 11.9. The van der Waals surface area contributed by atoms with Crippen molar-refractivity contribution in [3.63, 3.8) is 0 Å². The van der Waals surface area contributed by atoms with Crippen LogP contribution in [0.3, 0.4) is 0 Å². The summed E-state index contributed by atoms with van der Waals surface area (Å²) in [5, 5.41) is 6.15. The number of hydrogen-bond donors (Lipinski definition) is 2. The Morgan fingerprint density at radius 1 is 0.875 bits per heavy atom. The van der Waals surface area contributed by atoms with Gasteiger partial charge in [0.25, 0.3) is 0 Å². The van der Waals surface area contributed by atoms with Gasteiger partial charge in [-0.2, -0.15) is 0 Å². The van der Waals surface area contributed by atoms with E-state index in [4.69, 9.17) is 0 Å². The maximum atomic E-state index is 14.2. The molecule has 0 saturated carbocycles. The van der Waals surface area contributed by atoms with Crippen molar-refractivity contribution in [2.75, 3.05) is 26.7 Å². The second kappa shape index (κ2) is 18.7. The maximum Gasteiger partial charge on any atom is 0.249 e. The fraction of sp³-hybridized carbons (Fsp3) is 0.744. The van der Waals surface area contributed by atoms with Crippen molar-refractivity contribution >= 4 is 23.6 Å². The van der Waals surface area contributed by atoms with Crippen LogP contribution in [-0.4, -0.2) is 95.2 Å². The molecule has 2 saturated heterocycles. The van der Waals surface area contributed by atoms with Crippen LogP contribution in [0.5, 0.6) is 0 Å². The summed E-state index contributed by atoms with van der Waals surface area (Å²) in [5.74, 6) is -0.578. The van der Waals surface area contributed by atoms with Crippen molar-refractivity contribution < 1.29 is 19.2 Å². The number of nitrogens with one attached hydrogen (secondary N) is 2. The van der Waals surface area contributed by atoms with Gasteiger partial charge in [0.05, 0.1) is 12.1 Å². The first-order valence-electron chi connectivity index (χ1n) is 18.3. The molecule has 4 amide bonds. The molecule has 0 bridgehead atoms. The van der Waals surface area contributed by atoms with Crippen LogP contribution in [-0.2, 0) is 19.2 Å². The molecule has 2 heterocycles. The summed E-state index contributed by atoms with van der Waals surface area (Å²) in [6.45, 7) is 24.1. The van der Waals surface area contributed by atoms with Crippen LogP contribution in [0.2, 0.25) is 0 Å². The predicted octanol–water partition coefficient (Wildman–Crippen LogP) is 6.01. The number of rotatable bonds is 14. The molecule has 0 spiro atoms. The molecule has 0 radical (unpaired) electrons. The number of allylic oxidation sites excluding steroid dienone is 3. The average molecular weight is 670 g/mol. The van der Waals surface area contributed by atoms with Crippen LogP contribution in [0.4, 0.5) is 0 Å². The summed E-state index contributed by atoms with van der Waals surface area (Å²) in [6, 6.07) is -1.62. The number of amides is 4. The quantitative estimate of drug-likeness (QED) is 0.174. The Labute approximate surface area is 292 Å². The van der Waals surface area contributed by atoms with E-state index in [9.17, 15) is 19.2 Å². The average Bonchev–Trinajstić information content (AvgIpc) is 3.50. The van der Waals surface area contributed by atoms with E-state index in [1.54, 1.807) is 23.8 Å². The van der Waals surface area contributed by atoms with Crippen molar-refractivity contribution in [1.29, 1.82) is 0 Å². The van der Waals surface area contributed by atoms with Gasteiger partial charge in [-0.15, -0.1) is 0 Å². The fourth-order valence-corrected chi connectivity index (χ4v) is 6.81. The predicted molar refractivity (Wildman–Crippen MR) is 196 cm³/mol. The summed E-state index contributed by atoms with van der Waals surface area (Å²) in [7, 11) is 1.76. The van der Waals surface area contributed by atoms with Gasteiger partial charge in [0.2, 0.25) is 23.6 Å². The van der Waals surface area contributed by atoms with E-state index in [1.165, 1.54) is 11.1 Å². The molecule has 48 heavy (non-hydrogen) atoms. The third-order valence-corrected chi connectivity index (χ3v) is 9.78. The van der Waals surface area contributed by atoms with E-state index >= 15 is 0 Å². The van der Waals surface area contributed by atoms with Gasteiger partial charge in [-0.1, -0.05) is 70.4 Å². The highest BCUT2D eigenvalue weighted by Gasteiger charge is 2.40. The van der Waals surface area contributed by atoms with E-state index in [2.05, 4.69) is 56.2 Å². The first-order valence-corrected chi connectivity index (χ1v) is 18.3. The molecule has 0 aromatic rings. The monoisotopic (exact) mass is 670 g/mol. The molecule has 0 aromatic heterocycles. The Morgan fingerprint density at radius 3 is 2.10 bits per heavy atom. The molecule has 0 aromatic carbocycles. The number of likely N-dealkylation sites (tertiary alicyclic amines) is 2. The molecule has 1 unspecified atom stereocenters. The molecular weight excluding hydrogens is 602 g/mol. The van der Waals surface area contributed by atoms with E-state index < -0.39 is 17.5 Å². The molecule has 9 nitrogen and oxygen atoms in total. The topological polar surface area (TPSA) is 102 Å². The summed E-state index contributed by atoms with van der Waals surface area (Å²) in [5.41, 5.74) is 2.51. The first kappa shape index (κ1) is 41.2. The minimum Gasteiger partial charge on any atom is -0.351 e. The molecular formula is C39H67N5O4. The van der Waals surface area contributed by atoms with Gasteiger partial charge in [0, 0.05) is 31.8 Å². The smallest absolute Gasteiger partial charge is 0.249 e. The number of carbonyl (C=O) groups is 4. The highest BCUT2D eigenvalue weighted by atomic mass is 16.2. The molecule has 272 valence electrons. The second-order valence-electron chi connectivity index (χ2n) is 16.0. The zero-order valence-corrected chi connectivity index (χ0v) is 32.2. The van der Waals surface area contributed by atoms with Gasteiger partial charge in [-0.3, -0.25) is 24.1 Å². The minimum absolute atomic E-state index is 0.0113. The van der Waals surface area contributed by atoms with Gasteiger partial charge in [-0.05, 0) is 97.9 Å². The highest BCUT2D eigenvalue weighted by molar-refractivity contribution is 5.97. The minimum atomic E-state index is -0.729. The Balaban J connectivity index is 2.17. The van der Waals surface area contributed by atoms with Crippen molar-refractivity contribution in [2.24, 2.45) is 11.3 Å². The Bertz CT molecular complexity index is 1210. The van der Waals surface area contributed by atoms with Crippen LogP contribution in [0.1, 0.15) is 121 Å². The van der Waals surface area contributed by atoms with Crippen molar-refractivity contribution in [2.45, 2.75) is 151 Å². The molecule has 2 aliphatic rings. The van der Waals surface area contributed by atoms with E-state index in [1.807, 2.05) is 46.8 Å². The lowest BCUT2D eigenvalue weighted by molar-refractivity contribution is -0.142. The summed E-state index contributed by atoms with van der Waals surface area (Å²) >= 11 is 0. The lowest BCUT2D eigenvalue weighted by Gasteiger charge is -2.41. The van der Waals surface area contributed by atoms with Gasteiger partial charge in [0.15, 0.2) is 0 Å². The third-order valence-electron chi connectivity index (χ3n) is 9.78. The van der Waals surface area contributed by atoms with Crippen LogP contribution in [0, 0.1) is 11.3 Å². The molecule has 4 atom stereocenters. The van der Waals surface area contributed by atoms with Gasteiger partial charge in [0.1, 0.15) is 12.1 Å². The summed E-state index contributed by atoms with van der Waals surface area (Å²) in [4.78, 5) is 60.3. The molecule has 2 fully saturated rings. The van der Waals surface area contributed by atoms with E-state index in [-0.39, 0.29) is 47.7 Å². The van der Waals surface area contributed by atoms with E-state index in [0.717, 1.165) is 45.1 Å². The molecule has 0 aliphatic carbocycles. The largest absolute Gasteiger partial charge is 0.351 e. The van der Waals surface area contributed by atoms with Gasteiger partial charge < -0.3 is 20.4 Å². The number of carbonyl (C=O) groups excluding carboxylic acids is 4. The fourth-order valence-electron chi connectivity index (χ4n) is 6.81. The number of likely N-dealkylation sites (N-methyl/N-ethyl adjacent to an activating group) is 1. The highest BCUT2D eigenvalue weighted by Crippen LogP contribution is 2.27. The zero-order valence-electron chi connectivity index (χ0n) is 32.2. The normalized spacial score (nSPS) is 20.8. The zero-order chi connectivity index (χ0) is 36.3. The van der Waals surface area contributed by atoms with Crippen LogP contribution < -0.4 is 10.6 Å². The Kier molecular flexibility index (Phi) is 16.1. The van der Waals surface area contributed by atoms with Gasteiger partial charge in [-0.25, -0.2) is 0 Å². The number of piperidine rings is 1. The standard InChI is InChI=1S/C39H67N5O4/c1-26(2)17-15-18-29(7)21-22-40-35(45)31-20-16-24-44(31)37(47)30(8)25-33(27(3)4)42(12)38(48)34(39(9,10)11)41-36(46)32-19-13-14-23-43(32)28(5)6/h17,21,25,27-28,31-34H,13-16,18-20,22-24H2,1-12H3,(H,40,45)(H,41,46)/b29-21+,30-25+/t31-,32?,33+,34+/m0/s1. The van der Waals surface area contributed by atoms with Crippen LogP contribution in [0.25, 0.3) is 0 Å². The van der Waals surface area contributed by atoms with Crippen LogP contribution in [0.15, 0.2) is 34.9 Å². The van der Waals surface area contributed by atoms with Crippen LogP contribution >= 0.6 is 0 Å². The van der Waals surface area contributed by atoms with Crippen molar-refractivity contribution in [3.8, 4) is 0 Å². The van der Waals surface area contributed by atoms with Gasteiger partial charge >= 0.3 is 0 Å². The summed E-state index contributed by atoms with van der Waals surface area (Å²) in [6.07, 6.45) is 12.3. The van der Waals surface area contributed by atoms with E-state index in [0.29, 0.717) is 25.1 Å². The molecule has 2 N–H and O–H groups in total. The molecule has 2 aliphatic heterocycles. The molecule has 2 rings (SSSR count). The Hall–Kier alpha value is -2.94. The molecule has 9 heteroatoms. The van der Waals surface area contributed by atoms with Crippen molar-refractivity contribution in [3.05, 3.63) is 34.9 Å². The second-order valence-corrected chi connectivity index (χ2v) is 16.0.